The van der Waals surface area contributed by atoms with Gasteiger partial charge in [0.25, 0.3) is 0 Å². The van der Waals surface area contributed by atoms with Gasteiger partial charge in [0.15, 0.2) is 5.96 Å². The van der Waals surface area contributed by atoms with E-state index >= 15 is 0 Å². The lowest BCUT2D eigenvalue weighted by Gasteiger charge is -2.24. The number of halogens is 1. The predicted octanol–water partition coefficient (Wildman–Crippen LogP) is 3.39. The number of hydrogen-bond donors (Lipinski definition) is 2. The smallest absolute Gasteiger partial charge is 0.191 e. The Hall–Kier alpha value is -0.510. The van der Waals surface area contributed by atoms with Crippen molar-refractivity contribution >= 4 is 41.7 Å². The number of guanidine groups is 1. The fourth-order valence-electron chi connectivity index (χ4n) is 3.93. The minimum atomic E-state index is 0. The van der Waals surface area contributed by atoms with Crippen LogP contribution in [0.15, 0.2) is 29.3 Å². The molecule has 1 atom stereocenters. The van der Waals surface area contributed by atoms with E-state index in [4.69, 9.17) is 0 Å². The van der Waals surface area contributed by atoms with Crippen LogP contribution in [0.5, 0.6) is 0 Å². The van der Waals surface area contributed by atoms with Crippen LogP contribution in [-0.2, 0) is 13.1 Å². The number of rotatable bonds is 6. The number of likely N-dealkylation sites (N-methyl/N-ethyl adjacent to an activating group) is 1. The molecular weight excluding hydrogens is 493 g/mol. The maximum absolute atomic E-state index is 4.38. The van der Waals surface area contributed by atoms with Gasteiger partial charge in [-0.2, -0.15) is 11.8 Å². The van der Waals surface area contributed by atoms with E-state index in [0.29, 0.717) is 4.75 Å². The number of thioether (sulfide) groups is 1. The predicted molar refractivity (Wildman–Crippen MR) is 138 cm³/mol. The Labute approximate surface area is 198 Å². The minimum absolute atomic E-state index is 0. The number of nitrogens with zero attached hydrogens (tertiary/aromatic N) is 3. The number of benzene rings is 1. The molecule has 3 rings (SSSR count). The molecule has 164 valence electrons. The van der Waals surface area contributed by atoms with Crippen molar-refractivity contribution in [3.8, 4) is 0 Å². The van der Waals surface area contributed by atoms with Gasteiger partial charge in [-0.1, -0.05) is 24.3 Å². The van der Waals surface area contributed by atoms with Crippen molar-refractivity contribution in [3.05, 3.63) is 35.4 Å². The van der Waals surface area contributed by atoms with Gasteiger partial charge >= 0.3 is 0 Å². The van der Waals surface area contributed by atoms with E-state index in [2.05, 4.69) is 75.4 Å². The summed E-state index contributed by atoms with van der Waals surface area (Å²) in [4.78, 5) is 9.39. The van der Waals surface area contributed by atoms with Crippen LogP contribution in [0.25, 0.3) is 0 Å². The fourth-order valence-corrected chi connectivity index (χ4v) is 5.18. The van der Waals surface area contributed by atoms with Crippen molar-refractivity contribution in [2.24, 2.45) is 4.99 Å². The highest BCUT2D eigenvalue weighted by Gasteiger charge is 2.29. The van der Waals surface area contributed by atoms with Crippen molar-refractivity contribution in [1.29, 1.82) is 0 Å². The van der Waals surface area contributed by atoms with Crippen LogP contribution in [0.1, 0.15) is 37.3 Å². The highest BCUT2D eigenvalue weighted by atomic mass is 127. The quantitative estimate of drug-likeness (QED) is 0.335. The van der Waals surface area contributed by atoms with E-state index in [1.54, 1.807) is 0 Å². The molecule has 0 aromatic heterocycles. The summed E-state index contributed by atoms with van der Waals surface area (Å²) >= 11 is 2.08. The van der Waals surface area contributed by atoms with Crippen molar-refractivity contribution in [3.63, 3.8) is 0 Å². The van der Waals surface area contributed by atoms with Gasteiger partial charge in [0, 0.05) is 44.5 Å². The summed E-state index contributed by atoms with van der Waals surface area (Å²) in [5, 5.41) is 6.96. The lowest BCUT2D eigenvalue weighted by molar-refractivity contribution is 0.269. The second-order valence-corrected chi connectivity index (χ2v) is 10.1. The molecule has 5 nitrogen and oxygen atoms in total. The van der Waals surface area contributed by atoms with E-state index in [1.807, 2.05) is 7.05 Å². The highest BCUT2D eigenvalue weighted by Crippen LogP contribution is 2.36. The molecule has 1 aromatic carbocycles. The molecule has 2 saturated heterocycles. The van der Waals surface area contributed by atoms with E-state index in [0.717, 1.165) is 25.6 Å². The van der Waals surface area contributed by atoms with Crippen molar-refractivity contribution in [2.75, 3.05) is 52.6 Å². The lowest BCUT2D eigenvalue weighted by atomic mass is 10.1. The molecule has 1 unspecified atom stereocenters. The molecule has 0 bridgehead atoms. The standard InChI is InChI=1S/C22H37N5S.HI/c1-22(10-4-15-28-22)18-25-21(23-2)24-16-19-6-8-20(9-7-19)17-27-12-5-11-26(3)13-14-27;/h6-9H,4-5,10-18H2,1-3H3,(H2,23,24,25);1H. The second kappa shape index (κ2) is 12.4. The normalized spacial score (nSPS) is 24.0. The zero-order valence-electron chi connectivity index (χ0n) is 18.2. The molecule has 0 aliphatic carbocycles. The zero-order chi connectivity index (χ0) is 19.8. The van der Waals surface area contributed by atoms with Crippen LogP contribution in [-0.4, -0.2) is 73.1 Å². The first-order chi connectivity index (χ1) is 13.6. The van der Waals surface area contributed by atoms with Crippen molar-refractivity contribution < 1.29 is 0 Å². The topological polar surface area (TPSA) is 42.9 Å². The van der Waals surface area contributed by atoms with Crippen LogP contribution in [0.4, 0.5) is 0 Å². The largest absolute Gasteiger partial charge is 0.355 e. The molecule has 0 spiro atoms. The first-order valence-electron chi connectivity index (χ1n) is 10.6. The third-order valence-corrected chi connectivity index (χ3v) is 7.39. The Morgan fingerprint density at radius 2 is 1.83 bits per heavy atom. The third kappa shape index (κ3) is 8.26. The molecule has 0 radical (unpaired) electrons. The van der Waals surface area contributed by atoms with Gasteiger partial charge in [-0.25, -0.2) is 0 Å². The average Bonchev–Trinajstić information content (AvgIpc) is 3.03. The molecule has 29 heavy (non-hydrogen) atoms. The molecule has 1 aromatic rings. The zero-order valence-corrected chi connectivity index (χ0v) is 21.4. The van der Waals surface area contributed by atoms with Gasteiger partial charge in [-0.05, 0) is 63.2 Å². The highest BCUT2D eigenvalue weighted by molar-refractivity contribution is 14.0. The van der Waals surface area contributed by atoms with Crippen LogP contribution >= 0.6 is 35.7 Å². The molecule has 0 amide bonds. The third-order valence-electron chi connectivity index (χ3n) is 5.86. The second-order valence-electron chi connectivity index (χ2n) is 8.43. The number of aliphatic imine (C=N–C) groups is 1. The van der Waals surface area contributed by atoms with Gasteiger partial charge in [0.05, 0.1) is 0 Å². The maximum Gasteiger partial charge on any atom is 0.191 e. The molecule has 0 saturated carbocycles. The lowest BCUT2D eigenvalue weighted by Crippen LogP contribution is -2.43. The first-order valence-corrected chi connectivity index (χ1v) is 11.6. The fraction of sp³-hybridized carbons (Fsp3) is 0.682. The number of nitrogens with one attached hydrogen (secondary N) is 2. The summed E-state index contributed by atoms with van der Waals surface area (Å²) < 4.78 is 0.349. The van der Waals surface area contributed by atoms with Crippen molar-refractivity contribution in [1.82, 2.24) is 20.4 Å². The maximum atomic E-state index is 4.38. The summed E-state index contributed by atoms with van der Waals surface area (Å²) in [6.45, 7) is 9.94. The summed E-state index contributed by atoms with van der Waals surface area (Å²) in [6, 6.07) is 9.04. The molecule has 2 fully saturated rings. The van der Waals surface area contributed by atoms with E-state index in [1.165, 1.54) is 62.3 Å². The average molecular weight is 532 g/mol. The monoisotopic (exact) mass is 531 g/mol. The van der Waals surface area contributed by atoms with Gasteiger partial charge in [-0.3, -0.25) is 9.89 Å². The summed E-state index contributed by atoms with van der Waals surface area (Å²) in [7, 11) is 4.07. The Morgan fingerprint density at radius 3 is 2.52 bits per heavy atom. The van der Waals surface area contributed by atoms with Gasteiger partial charge < -0.3 is 15.5 Å². The Kier molecular flexibility index (Phi) is 10.6. The molecule has 2 heterocycles. The van der Waals surface area contributed by atoms with Gasteiger partial charge in [-0.15, -0.1) is 24.0 Å². The Bertz CT molecular complexity index is 631. The van der Waals surface area contributed by atoms with Gasteiger partial charge in [0.1, 0.15) is 0 Å². The minimum Gasteiger partial charge on any atom is -0.355 e. The number of hydrogen-bond acceptors (Lipinski definition) is 4. The summed E-state index contributed by atoms with van der Waals surface area (Å²) in [5.74, 6) is 2.18. The summed E-state index contributed by atoms with van der Waals surface area (Å²) in [6.07, 6.45) is 3.88. The van der Waals surface area contributed by atoms with E-state index in [-0.39, 0.29) is 24.0 Å². The van der Waals surface area contributed by atoms with Crippen LogP contribution < -0.4 is 10.6 Å². The van der Waals surface area contributed by atoms with Crippen molar-refractivity contribution in [2.45, 2.75) is 44.0 Å². The first kappa shape index (κ1) is 24.8. The van der Waals surface area contributed by atoms with E-state index < -0.39 is 0 Å². The SMILES string of the molecule is CN=C(NCc1ccc(CN2CCCN(C)CC2)cc1)NCC1(C)CCCS1.I. The Morgan fingerprint density at radius 1 is 1.07 bits per heavy atom. The molecule has 7 heteroatoms. The summed E-state index contributed by atoms with van der Waals surface area (Å²) in [5.41, 5.74) is 2.70. The van der Waals surface area contributed by atoms with Crippen LogP contribution in [0, 0.1) is 0 Å². The molecular formula is C22H38IN5S. The van der Waals surface area contributed by atoms with Crippen LogP contribution in [0.2, 0.25) is 0 Å². The molecule has 2 aliphatic rings. The molecule has 2 aliphatic heterocycles. The molecule has 2 N–H and O–H groups in total. The van der Waals surface area contributed by atoms with E-state index in [9.17, 15) is 0 Å². The van der Waals surface area contributed by atoms with Crippen LogP contribution in [0.3, 0.4) is 0 Å². The Balaban J connectivity index is 0.00000300. The van der Waals surface area contributed by atoms with Gasteiger partial charge in [0.2, 0.25) is 0 Å².